The Morgan fingerprint density at radius 1 is 1.69 bits per heavy atom. The van der Waals surface area contributed by atoms with Gasteiger partial charge in [-0.3, -0.25) is 0 Å². The lowest BCUT2D eigenvalue weighted by atomic mass is 10.8. The minimum Gasteiger partial charge on any atom is -0.545 e. The Balaban J connectivity index is 0.000000223. The number of hydrogen-bond donors (Lipinski definition) is 1. The number of carbonyl (C=O) groups is 1. The van der Waals surface area contributed by atoms with Crippen molar-refractivity contribution in [2.45, 2.75) is 3.79 Å². The lowest BCUT2D eigenvalue weighted by molar-refractivity contribution is -0.304. The van der Waals surface area contributed by atoms with Crippen LogP contribution < -0.4 is 10.8 Å². The van der Waals surface area contributed by atoms with Gasteiger partial charge in [-0.25, -0.2) is 0 Å². The number of hydrogen-bond acceptors (Lipinski definition) is 5. The molecule has 1 aliphatic rings. The van der Waals surface area contributed by atoms with Gasteiger partial charge in [0.25, 0.3) is 11.4 Å². The second-order valence-electron chi connectivity index (χ2n) is 1.65. The molecule has 8 heteroatoms. The summed E-state index contributed by atoms with van der Waals surface area (Å²) in [5.41, 5.74) is 7.74. The zero-order chi connectivity index (χ0) is 10.5. The summed E-state index contributed by atoms with van der Waals surface area (Å²) in [7, 11) is 0. The Morgan fingerprint density at radius 2 is 2.15 bits per heavy atom. The smallest absolute Gasteiger partial charge is 0.284 e. The van der Waals surface area contributed by atoms with E-state index in [1.54, 1.807) is 5.41 Å². The predicted octanol–water partition coefficient (Wildman–Crippen LogP) is 0.503. The molecule has 0 atom stereocenters. The van der Waals surface area contributed by atoms with Crippen molar-refractivity contribution in [2.75, 3.05) is 0 Å². The van der Waals surface area contributed by atoms with Gasteiger partial charge in [0.1, 0.15) is 17.2 Å². The van der Waals surface area contributed by atoms with E-state index in [9.17, 15) is 9.90 Å². The summed E-state index contributed by atoms with van der Waals surface area (Å²) >= 11 is 15.6. The highest BCUT2D eigenvalue weighted by molar-refractivity contribution is 8.14. The molecule has 0 spiro atoms. The number of aliphatic carboxylic acids is 1. The van der Waals surface area contributed by atoms with Crippen LogP contribution in [-0.4, -0.2) is 15.3 Å². The van der Waals surface area contributed by atoms with Crippen LogP contribution in [0.2, 0.25) is 0 Å². The van der Waals surface area contributed by atoms with Gasteiger partial charge >= 0.3 is 0 Å². The summed E-state index contributed by atoms with van der Waals surface area (Å²) in [6.07, 6.45) is 0. The fourth-order valence-electron chi connectivity index (χ4n) is 0.192. The van der Waals surface area contributed by atoms with Crippen LogP contribution in [0.4, 0.5) is 0 Å². The molecule has 2 N–H and O–H groups in total. The van der Waals surface area contributed by atoms with Crippen LogP contribution in [-0.2, 0) is 4.79 Å². The van der Waals surface area contributed by atoms with E-state index in [-0.39, 0.29) is 0 Å². The molecule has 1 heterocycles. The minimum absolute atomic E-state index is 0.556. The molecule has 1 rings (SSSR count). The first-order valence-corrected chi connectivity index (χ1v) is 4.70. The fourth-order valence-corrected chi connectivity index (χ4v) is 0.576. The number of thioether (sulfide) groups is 1. The van der Waals surface area contributed by atoms with Crippen LogP contribution in [0, 0.1) is 0 Å². The molecule has 0 radical (unpaired) electrons. The van der Waals surface area contributed by atoms with Crippen LogP contribution in [0.3, 0.4) is 0 Å². The highest BCUT2D eigenvalue weighted by Crippen LogP contribution is 2.24. The van der Waals surface area contributed by atoms with E-state index in [4.69, 9.17) is 40.5 Å². The second kappa shape index (κ2) is 5.52. The predicted molar refractivity (Wildman–Crippen MR) is 52.6 cm³/mol. The molecule has 0 amide bonds. The lowest BCUT2D eigenvalue weighted by Crippen LogP contribution is -2.35. The van der Waals surface area contributed by atoms with Crippen LogP contribution in [0.25, 0.3) is 0 Å². The van der Waals surface area contributed by atoms with E-state index in [0.717, 1.165) is 0 Å². The maximum atomic E-state index is 9.51. The highest BCUT2D eigenvalue weighted by Gasteiger charge is 2.20. The normalized spacial score (nSPS) is 13.9. The number of rotatable bonds is 0. The van der Waals surface area contributed by atoms with Gasteiger partial charge < -0.3 is 15.6 Å². The number of carboxylic acid groups (broad SMARTS) is 1. The molecule has 4 nitrogen and oxygen atoms in total. The Kier molecular flexibility index (Phi) is 5.44. The Bertz CT molecular complexity index is 246. The van der Waals surface area contributed by atoms with Crippen molar-refractivity contribution in [3.63, 3.8) is 0 Å². The average Bonchev–Trinajstić information content (AvgIpc) is 2.38. The van der Waals surface area contributed by atoms with Crippen LogP contribution in [0.5, 0.6) is 0 Å². The third-order valence-corrected chi connectivity index (χ3v) is 1.66. The third-order valence-electron chi connectivity index (χ3n) is 0.639. The number of alkyl halides is 3. The molecule has 13 heavy (non-hydrogen) atoms. The topological polar surface area (TPSA) is 78.5 Å². The van der Waals surface area contributed by atoms with Gasteiger partial charge in [-0.2, -0.15) is 0 Å². The first-order chi connectivity index (χ1) is 5.84. The summed E-state index contributed by atoms with van der Waals surface area (Å²) in [6, 6.07) is 0. The minimum atomic E-state index is -2.28. The second-order valence-corrected chi connectivity index (χ2v) is 4.58. The maximum absolute atomic E-state index is 9.51. The van der Waals surface area contributed by atoms with Crippen molar-refractivity contribution < 1.29 is 9.90 Å². The Hall–Kier alpha value is -0.190. The number of nitrogens with zero attached hydrogens (tertiary/aromatic N) is 1. The monoisotopic (exact) mass is 260 g/mol. The molecule has 0 aliphatic carbocycles. The third kappa shape index (κ3) is 6.93. The number of carboxylic acids is 1. The molecular formula is C5H3Cl3N2O2S. The number of aliphatic imine (C=N–C) groups is 1. The molecule has 0 bridgehead atoms. The fraction of sp³-hybridized carbons (Fsp3) is 0.200. The average molecular weight is 262 g/mol. The molecule has 0 saturated heterocycles. The quantitative estimate of drug-likeness (QED) is 0.509. The molecule has 1 aliphatic heterocycles. The standard InChI is InChI=1S/C3H3N2S.C2HCl3O2/c4-3-1-6-2-5-3;3-2(4,5)1(6)7/h1H,4H2;(H,6,7)/q+1;/p-1. The molecule has 72 valence electrons. The summed E-state index contributed by atoms with van der Waals surface area (Å²) in [4.78, 5) is 13.1. The maximum Gasteiger partial charge on any atom is 0.284 e. The number of carbonyl (C=O) groups excluding carboxylic acids is 1. The van der Waals surface area contributed by atoms with E-state index in [2.05, 4.69) is 10.5 Å². The van der Waals surface area contributed by atoms with Crippen molar-refractivity contribution in [1.82, 2.24) is 0 Å². The molecule has 0 unspecified atom stereocenters. The summed E-state index contributed by atoms with van der Waals surface area (Å²) in [6.45, 7) is 0. The number of halogens is 3. The molecule has 0 aromatic heterocycles. The summed E-state index contributed by atoms with van der Waals surface area (Å²) in [5.74, 6) is -1.16. The first kappa shape index (κ1) is 12.8. The van der Waals surface area contributed by atoms with E-state index >= 15 is 0 Å². The molecule has 0 aromatic rings. The van der Waals surface area contributed by atoms with Crippen molar-refractivity contribution >= 4 is 58.1 Å². The zero-order valence-electron chi connectivity index (χ0n) is 5.96. The zero-order valence-corrected chi connectivity index (χ0v) is 9.04. The summed E-state index contributed by atoms with van der Waals surface area (Å²) < 4.78 is -2.28. The van der Waals surface area contributed by atoms with E-state index < -0.39 is 9.76 Å². The molecule has 0 fully saturated rings. The van der Waals surface area contributed by atoms with Crippen molar-refractivity contribution in [3.8, 4) is 0 Å². The first-order valence-electron chi connectivity index (χ1n) is 2.69. The molecule has 0 saturated carbocycles. The highest BCUT2D eigenvalue weighted by atomic mass is 35.6. The lowest BCUT2D eigenvalue weighted by Gasteiger charge is -2.09. The van der Waals surface area contributed by atoms with Crippen LogP contribution in [0.1, 0.15) is 0 Å². The van der Waals surface area contributed by atoms with Crippen molar-refractivity contribution in [2.24, 2.45) is 10.7 Å². The van der Waals surface area contributed by atoms with Crippen molar-refractivity contribution in [3.05, 3.63) is 11.2 Å². The van der Waals surface area contributed by atoms with E-state index in [1.807, 2.05) is 0 Å². The van der Waals surface area contributed by atoms with Gasteiger partial charge in [0.15, 0.2) is 0 Å². The van der Waals surface area contributed by atoms with E-state index in [1.165, 1.54) is 11.8 Å². The van der Waals surface area contributed by atoms with E-state index in [0.29, 0.717) is 5.82 Å². The van der Waals surface area contributed by atoms with Crippen LogP contribution in [0.15, 0.2) is 16.2 Å². The van der Waals surface area contributed by atoms with Crippen molar-refractivity contribution in [1.29, 1.82) is 0 Å². The van der Waals surface area contributed by atoms with Gasteiger partial charge in [-0.15, -0.1) is 0 Å². The van der Waals surface area contributed by atoms with Gasteiger partial charge in [0.05, 0.1) is 5.97 Å². The Morgan fingerprint density at radius 3 is 2.23 bits per heavy atom. The van der Waals surface area contributed by atoms with Gasteiger partial charge in [-0.05, 0) is 0 Å². The largest absolute Gasteiger partial charge is 0.545 e. The molecular weight excluding hydrogens is 258 g/mol. The van der Waals surface area contributed by atoms with Gasteiger partial charge in [0.2, 0.25) is 3.79 Å². The number of nitrogens with two attached hydrogens (primary N) is 1. The van der Waals surface area contributed by atoms with Crippen LogP contribution >= 0.6 is 46.6 Å². The Labute approximate surface area is 93.7 Å². The van der Waals surface area contributed by atoms with Gasteiger partial charge in [0, 0.05) is 4.99 Å². The summed E-state index contributed by atoms with van der Waals surface area (Å²) in [5, 5.41) is 11.2. The SMILES string of the molecule is NC1=CS[C+]=N1.O=C([O-])C(Cl)(Cl)Cl. The van der Waals surface area contributed by atoms with Gasteiger partial charge in [-0.1, -0.05) is 34.8 Å². The molecule has 0 aromatic carbocycles.